The van der Waals surface area contributed by atoms with E-state index in [-0.39, 0.29) is 0 Å². The van der Waals surface area contributed by atoms with Crippen molar-refractivity contribution in [1.82, 2.24) is 0 Å². The van der Waals surface area contributed by atoms with E-state index >= 15 is 0 Å². The fourth-order valence-corrected chi connectivity index (χ4v) is 8.83. The second-order valence-corrected chi connectivity index (χ2v) is 15.9. The maximum absolute atomic E-state index is 2.46. The topological polar surface area (TPSA) is 0 Å². The summed E-state index contributed by atoms with van der Waals surface area (Å²) in [6.07, 6.45) is 24.1. The van der Waals surface area contributed by atoms with E-state index in [1.54, 1.807) is 18.5 Å². The Labute approximate surface area is 159 Å². The zero-order valence-electron chi connectivity index (χ0n) is 17.7. The Hall–Kier alpha value is 1.29. The smallest absolute Gasteiger partial charge is 0.0287 e. The maximum Gasteiger partial charge on any atom is -0.0287 e. The van der Waals surface area contributed by atoms with Crippen molar-refractivity contribution in [2.75, 3.05) is 57.5 Å². The molecular weight excluding hydrogens is 345 g/mol. The Balaban J connectivity index is 3.61. The standard InChI is InChI=1S/C21H47P3/c1-6-7-8-9-10-11-12-13-14-15-18-24(21-20-23(4)5)19-16-17-22(2)3/h6-21H2,1-5H3. The van der Waals surface area contributed by atoms with Crippen LogP contribution in [0.5, 0.6) is 0 Å². The zero-order chi connectivity index (χ0) is 18.0. The van der Waals surface area contributed by atoms with E-state index in [0.29, 0.717) is 23.8 Å². The summed E-state index contributed by atoms with van der Waals surface area (Å²) in [5.41, 5.74) is 0. The van der Waals surface area contributed by atoms with Crippen molar-refractivity contribution in [1.29, 1.82) is 0 Å². The lowest BCUT2D eigenvalue weighted by atomic mass is 10.1. The minimum Gasteiger partial charge on any atom is -0.113 e. The lowest BCUT2D eigenvalue weighted by Gasteiger charge is -2.19. The highest BCUT2D eigenvalue weighted by atomic mass is 31.1. The van der Waals surface area contributed by atoms with Gasteiger partial charge in [-0.3, -0.25) is 0 Å². The third-order valence-corrected chi connectivity index (χ3v) is 10.2. The normalized spacial score (nSPS) is 13.1. The molecule has 0 saturated heterocycles. The third-order valence-electron chi connectivity index (χ3n) is 4.77. The molecule has 0 aromatic carbocycles. The van der Waals surface area contributed by atoms with E-state index < -0.39 is 0 Å². The summed E-state index contributed by atoms with van der Waals surface area (Å²) in [5, 5.41) is 0. The molecule has 0 nitrogen and oxygen atoms in total. The molecule has 0 rings (SSSR count). The van der Waals surface area contributed by atoms with Crippen molar-refractivity contribution in [3.8, 4) is 0 Å². The molecule has 0 aliphatic carbocycles. The van der Waals surface area contributed by atoms with Gasteiger partial charge in [-0.25, -0.2) is 0 Å². The van der Waals surface area contributed by atoms with Crippen LogP contribution in [0.1, 0.15) is 77.6 Å². The Bertz CT molecular complexity index is 241. The van der Waals surface area contributed by atoms with Gasteiger partial charge in [0.2, 0.25) is 0 Å². The quantitative estimate of drug-likeness (QED) is 0.163. The first-order chi connectivity index (χ1) is 11.6. The van der Waals surface area contributed by atoms with Gasteiger partial charge in [0.1, 0.15) is 0 Å². The summed E-state index contributed by atoms with van der Waals surface area (Å²) >= 11 is 0. The molecule has 0 aliphatic rings. The molecule has 0 radical (unpaired) electrons. The molecule has 0 saturated carbocycles. The van der Waals surface area contributed by atoms with Crippen molar-refractivity contribution in [2.45, 2.75) is 77.6 Å². The lowest BCUT2D eigenvalue weighted by Crippen LogP contribution is -2.00. The molecule has 0 N–H and O–H groups in total. The molecule has 0 aromatic rings. The van der Waals surface area contributed by atoms with E-state index in [4.69, 9.17) is 0 Å². The predicted molar refractivity (Wildman–Crippen MR) is 125 cm³/mol. The van der Waals surface area contributed by atoms with E-state index in [9.17, 15) is 0 Å². The van der Waals surface area contributed by atoms with Gasteiger partial charge in [-0.15, -0.1) is 23.8 Å². The van der Waals surface area contributed by atoms with Crippen LogP contribution in [0.2, 0.25) is 0 Å². The van der Waals surface area contributed by atoms with Crippen LogP contribution in [0.4, 0.5) is 0 Å². The van der Waals surface area contributed by atoms with Crippen LogP contribution in [0, 0.1) is 0 Å². The highest BCUT2D eigenvalue weighted by Crippen LogP contribution is 2.42. The summed E-state index contributed by atoms with van der Waals surface area (Å²) in [6.45, 7) is 12.1. The number of unbranched alkanes of at least 4 members (excludes halogenated alkanes) is 9. The predicted octanol–water partition coefficient (Wildman–Crippen LogP) is 8.26. The number of rotatable bonds is 18. The Morgan fingerprint density at radius 2 is 0.875 bits per heavy atom. The molecule has 0 amide bonds. The largest absolute Gasteiger partial charge is 0.113 e. The zero-order valence-corrected chi connectivity index (χ0v) is 20.3. The first kappa shape index (κ1) is 25.3. The first-order valence-corrected chi connectivity index (χ1v) is 17.3. The summed E-state index contributed by atoms with van der Waals surface area (Å²) in [4.78, 5) is 0. The van der Waals surface area contributed by atoms with Gasteiger partial charge >= 0.3 is 0 Å². The van der Waals surface area contributed by atoms with Gasteiger partial charge in [0, 0.05) is 0 Å². The second-order valence-electron chi connectivity index (χ2n) is 7.98. The number of hydrogen-bond acceptors (Lipinski definition) is 0. The van der Waals surface area contributed by atoms with E-state index in [1.807, 2.05) is 0 Å². The van der Waals surface area contributed by atoms with Gasteiger partial charge < -0.3 is 0 Å². The molecule has 0 spiro atoms. The monoisotopic (exact) mass is 392 g/mol. The van der Waals surface area contributed by atoms with Crippen molar-refractivity contribution in [2.24, 2.45) is 0 Å². The summed E-state index contributed by atoms with van der Waals surface area (Å²) in [6, 6.07) is 0. The number of hydrogen-bond donors (Lipinski definition) is 0. The van der Waals surface area contributed by atoms with Crippen molar-refractivity contribution >= 4 is 23.8 Å². The average molecular weight is 393 g/mol. The Morgan fingerprint density at radius 3 is 1.38 bits per heavy atom. The molecule has 1 atom stereocenters. The third kappa shape index (κ3) is 19.6. The molecule has 3 heteroatoms. The molecule has 0 heterocycles. The van der Waals surface area contributed by atoms with Crippen LogP contribution in [-0.4, -0.2) is 57.5 Å². The SMILES string of the molecule is CCCCCCCCCCCCP(CCCP(C)C)CCP(C)C. The van der Waals surface area contributed by atoms with Gasteiger partial charge in [-0.2, -0.15) is 0 Å². The molecule has 0 fully saturated rings. The molecule has 0 aliphatic heterocycles. The van der Waals surface area contributed by atoms with Gasteiger partial charge in [-0.05, 0) is 70.3 Å². The van der Waals surface area contributed by atoms with E-state index in [1.165, 1.54) is 83.0 Å². The first-order valence-electron chi connectivity index (χ1n) is 10.6. The fourth-order valence-electron chi connectivity index (χ4n) is 3.11. The van der Waals surface area contributed by atoms with Crippen LogP contribution in [-0.2, 0) is 0 Å². The second kappa shape index (κ2) is 19.1. The van der Waals surface area contributed by atoms with Gasteiger partial charge in [0.25, 0.3) is 0 Å². The minimum atomic E-state index is 0.326. The van der Waals surface area contributed by atoms with Crippen molar-refractivity contribution < 1.29 is 0 Å². The Morgan fingerprint density at radius 1 is 0.417 bits per heavy atom. The highest BCUT2D eigenvalue weighted by molar-refractivity contribution is 7.61. The van der Waals surface area contributed by atoms with Crippen molar-refractivity contribution in [3.63, 3.8) is 0 Å². The summed E-state index contributed by atoms with van der Waals surface area (Å²) in [5.74, 6) is 0. The van der Waals surface area contributed by atoms with E-state index in [2.05, 4.69) is 33.6 Å². The van der Waals surface area contributed by atoms with E-state index in [0.717, 1.165) is 0 Å². The van der Waals surface area contributed by atoms with Crippen molar-refractivity contribution in [3.05, 3.63) is 0 Å². The molecule has 146 valence electrons. The highest BCUT2D eigenvalue weighted by Gasteiger charge is 2.09. The van der Waals surface area contributed by atoms with Crippen LogP contribution >= 0.6 is 23.8 Å². The molecule has 1 unspecified atom stereocenters. The minimum absolute atomic E-state index is 0.326. The average Bonchev–Trinajstić information content (AvgIpc) is 2.53. The molecular formula is C21H47P3. The lowest BCUT2D eigenvalue weighted by molar-refractivity contribution is 0.563. The van der Waals surface area contributed by atoms with Crippen LogP contribution in [0.15, 0.2) is 0 Å². The van der Waals surface area contributed by atoms with Gasteiger partial charge in [0.15, 0.2) is 0 Å². The van der Waals surface area contributed by atoms with Crippen LogP contribution < -0.4 is 0 Å². The maximum atomic E-state index is 2.46. The van der Waals surface area contributed by atoms with Crippen LogP contribution in [0.3, 0.4) is 0 Å². The Kier molecular flexibility index (Phi) is 20.1. The molecule has 0 aromatic heterocycles. The molecule has 24 heavy (non-hydrogen) atoms. The fraction of sp³-hybridized carbons (Fsp3) is 1.00. The van der Waals surface area contributed by atoms with Gasteiger partial charge in [-0.1, -0.05) is 64.7 Å². The summed E-state index contributed by atoms with van der Waals surface area (Å²) in [7, 11) is 1.03. The van der Waals surface area contributed by atoms with Gasteiger partial charge in [0.05, 0.1) is 0 Å². The summed E-state index contributed by atoms with van der Waals surface area (Å²) < 4.78 is 0. The van der Waals surface area contributed by atoms with Crippen LogP contribution in [0.25, 0.3) is 0 Å². The molecule has 0 bridgehead atoms.